The molecule has 1 aliphatic carbocycles. The molecule has 2 aliphatic heterocycles. The highest BCUT2D eigenvalue weighted by Gasteiger charge is 2.56. The summed E-state index contributed by atoms with van der Waals surface area (Å²) in [7, 11) is 1.62. The van der Waals surface area contributed by atoms with Gasteiger partial charge in [0.05, 0.1) is 49.2 Å². The maximum atomic E-state index is 14.8. The number of aromatic nitrogens is 5. The van der Waals surface area contributed by atoms with E-state index < -0.39 is 34.5 Å². The number of nitrogens with zero attached hydrogens (tertiary/aromatic N) is 5. The Morgan fingerprint density at radius 1 is 1.08 bits per heavy atom. The summed E-state index contributed by atoms with van der Waals surface area (Å²) in [5.74, 6) is 0.0303. The number of methoxy groups -OCH3 is 1. The van der Waals surface area contributed by atoms with E-state index in [4.69, 9.17) is 23.7 Å². The van der Waals surface area contributed by atoms with Crippen molar-refractivity contribution in [2.75, 3.05) is 20.3 Å². The zero-order chi connectivity index (χ0) is 34.5. The van der Waals surface area contributed by atoms with Crippen molar-refractivity contribution < 1.29 is 28.5 Å². The number of thiophene rings is 1. The number of esters is 1. The van der Waals surface area contributed by atoms with Gasteiger partial charge in [0.15, 0.2) is 5.54 Å². The van der Waals surface area contributed by atoms with Crippen LogP contribution < -0.4 is 16.0 Å². The van der Waals surface area contributed by atoms with E-state index in [1.807, 2.05) is 31.2 Å². The van der Waals surface area contributed by atoms with Crippen LogP contribution in [0.5, 0.6) is 5.75 Å². The molecule has 49 heavy (non-hydrogen) atoms. The first kappa shape index (κ1) is 33.6. The topological polar surface area (TPSA) is 138 Å². The maximum absolute atomic E-state index is 14.8. The average Bonchev–Trinajstić information content (AvgIpc) is 3.33. The molecule has 4 aromatic rings. The summed E-state index contributed by atoms with van der Waals surface area (Å²) < 4.78 is 32.9. The molecule has 3 fully saturated rings. The molecule has 7 rings (SSSR count). The van der Waals surface area contributed by atoms with Crippen molar-refractivity contribution in [2.24, 2.45) is 0 Å². The molecule has 2 saturated heterocycles. The molecule has 0 spiro atoms. The molecule has 2 bridgehead atoms. The van der Waals surface area contributed by atoms with Crippen molar-refractivity contribution in [3.8, 4) is 10.8 Å². The molecule has 0 N–H and O–H groups in total. The number of fused-ring (bicyclic) bond motifs is 3. The van der Waals surface area contributed by atoms with Gasteiger partial charge in [-0.25, -0.2) is 14.2 Å². The van der Waals surface area contributed by atoms with Gasteiger partial charge in [-0.05, 0) is 72.3 Å². The van der Waals surface area contributed by atoms with Gasteiger partial charge in [0.1, 0.15) is 33.9 Å². The second-order valence-electron chi connectivity index (χ2n) is 14.2. The van der Waals surface area contributed by atoms with Crippen LogP contribution in [-0.4, -0.2) is 74.3 Å². The molecule has 0 unspecified atom stereocenters. The molecule has 5 heterocycles. The highest BCUT2D eigenvalue weighted by Crippen LogP contribution is 2.45. The minimum absolute atomic E-state index is 0.0588. The minimum Gasteiger partial charge on any atom is -0.491 e. The summed E-state index contributed by atoms with van der Waals surface area (Å²) in [5, 5.41) is 9.56. The quantitative estimate of drug-likeness (QED) is 0.155. The van der Waals surface area contributed by atoms with E-state index in [1.165, 1.54) is 16.1 Å². The van der Waals surface area contributed by atoms with Crippen molar-refractivity contribution in [3.63, 3.8) is 0 Å². The minimum atomic E-state index is -1.40. The lowest BCUT2D eigenvalue weighted by molar-refractivity contribution is -0.161. The lowest BCUT2D eigenvalue weighted by Crippen LogP contribution is -2.50. The Labute approximate surface area is 287 Å². The highest BCUT2D eigenvalue weighted by molar-refractivity contribution is 7.21. The summed E-state index contributed by atoms with van der Waals surface area (Å²) in [6.07, 6.45) is 6.79. The summed E-state index contributed by atoms with van der Waals surface area (Å²) in [6, 6.07) is 7.64. The third-order valence-electron chi connectivity index (χ3n) is 9.48. The highest BCUT2D eigenvalue weighted by atomic mass is 32.1. The third kappa shape index (κ3) is 6.46. The van der Waals surface area contributed by atoms with Crippen LogP contribution in [0.15, 0.2) is 46.2 Å². The summed E-state index contributed by atoms with van der Waals surface area (Å²) >= 11 is 1.26. The molecule has 262 valence electrons. The van der Waals surface area contributed by atoms with Crippen LogP contribution in [0.3, 0.4) is 0 Å². The second-order valence-corrected chi connectivity index (χ2v) is 15.1. The van der Waals surface area contributed by atoms with Crippen molar-refractivity contribution in [1.29, 1.82) is 0 Å². The molecule has 4 atom stereocenters. The van der Waals surface area contributed by atoms with Gasteiger partial charge in [-0.3, -0.25) is 9.36 Å². The molecule has 1 aromatic carbocycles. The number of hydrogen-bond donors (Lipinski definition) is 0. The first-order chi connectivity index (χ1) is 23.5. The SMILES string of the molecule is COCCOc1ccccc1[C@H](Cn1c(=O)n(C2(C(=O)OC(C)(C)C)CC2)c(=O)c2c(C)c(-n3nccn3)sc21)O[C@H]1C[C@H]2CC[C@@H](C1)O2. The fourth-order valence-electron chi connectivity index (χ4n) is 7.04. The van der Waals surface area contributed by atoms with Crippen molar-refractivity contribution in [1.82, 2.24) is 24.1 Å². The van der Waals surface area contributed by atoms with Crippen LogP contribution in [0.1, 0.15) is 76.5 Å². The van der Waals surface area contributed by atoms with E-state index in [2.05, 4.69) is 10.2 Å². The third-order valence-corrected chi connectivity index (χ3v) is 10.8. The molecule has 13 nitrogen and oxygen atoms in total. The van der Waals surface area contributed by atoms with Gasteiger partial charge in [-0.15, -0.1) is 4.80 Å². The van der Waals surface area contributed by atoms with Gasteiger partial charge in [-0.1, -0.05) is 29.5 Å². The molecular weight excluding hydrogens is 650 g/mol. The number of aryl methyl sites for hydroxylation is 1. The largest absolute Gasteiger partial charge is 0.491 e. The van der Waals surface area contributed by atoms with Crippen molar-refractivity contribution in [3.05, 3.63) is 68.6 Å². The van der Waals surface area contributed by atoms with Gasteiger partial charge in [0.2, 0.25) is 0 Å². The lowest BCUT2D eigenvalue weighted by Gasteiger charge is -2.33. The van der Waals surface area contributed by atoms with Crippen molar-refractivity contribution in [2.45, 2.75) is 108 Å². The summed E-state index contributed by atoms with van der Waals surface area (Å²) in [5.41, 5.74) is -1.94. The Kier molecular flexibility index (Phi) is 9.01. The van der Waals surface area contributed by atoms with Crippen LogP contribution in [0.25, 0.3) is 15.2 Å². The van der Waals surface area contributed by atoms with E-state index in [0.717, 1.165) is 35.8 Å². The lowest BCUT2D eigenvalue weighted by atomic mass is 10.0. The molecule has 1 saturated carbocycles. The van der Waals surface area contributed by atoms with Gasteiger partial charge in [0, 0.05) is 18.2 Å². The Morgan fingerprint density at radius 2 is 1.78 bits per heavy atom. The Balaban J connectivity index is 1.39. The van der Waals surface area contributed by atoms with Gasteiger partial charge >= 0.3 is 11.7 Å². The monoisotopic (exact) mass is 693 g/mol. The van der Waals surface area contributed by atoms with Gasteiger partial charge in [0.25, 0.3) is 5.56 Å². The molecule has 3 aromatic heterocycles. The molecule has 0 amide bonds. The fraction of sp³-hybridized carbons (Fsp3) is 0.571. The number of carbonyl (C=O) groups is 1. The summed E-state index contributed by atoms with van der Waals surface area (Å²) in [4.78, 5) is 44.8. The smallest absolute Gasteiger partial charge is 0.333 e. The second kappa shape index (κ2) is 13.1. The van der Waals surface area contributed by atoms with Gasteiger partial charge < -0.3 is 23.7 Å². The normalized spacial score (nSPS) is 21.9. The van der Waals surface area contributed by atoms with Crippen LogP contribution in [0, 0.1) is 6.92 Å². The predicted octanol–water partition coefficient (Wildman–Crippen LogP) is 4.44. The fourth-order valence-corrected chi connectivity index (χ4v) is 8.26. The zero-order valence-electron chi connectivity index (χ0n) is 28.5. The first-order valence-electron chi connectivity index (χ1n) is 16.9. The number of rotatable bonds is 12. The first-order valence-corrected chi connectivity index (χ1v) is 17.7. The number of benzene rings is 1. The zero-order valence-corrected chi connectivity index (χ0v) is 29.4. The van der Waals surface area contributed by atoms with Crippen LogP contribution in [0.2, 0.25) is 0 Å². The predicted molar refractivity (Wildman–Crippen MR) is 182 cm³/mol. The Bertz CT molecular complexity index is 1940. The van der Waals surface area contributed by atoms with Crippen LogP contribution >= 0.6 is 11.3 Å². The van der Waals surface area contributed by atoms with Crippen LogP contribution in [-0.2, 0) is 35.8 Å². The number of carbonyl (C=O) groups excluding carboxylic acids is 1. The van der Waals surface area contributed by atoms with Crippen LogP contribution in [0.4, 0.5) is 0 Å². The number of hydrogen-bond acceptors (Lipinski definition) is 11. The Morgan fingerprint density at radius 3 is 2.43 bits per heavy atom. The van der Waals surface area contributed by atoms with E-state index >= 15 is 0 Å². The van der Waals surface area contributed by atoms with Gasteiger partial charge in [-0.2, -0.15) is 10.2 Å². The molecular formula is C35H43N5O8S. The molecule has 0 radical (unpaired) electrons. The standard InChI is InChI=1S/C35H43N5O8S/c1-21-28-29(41)39(35(12-13-35)32(42)48-34(2,3)4)33(43)38(31(28)49-30(21)40-36-14-15-37-40)20-27(47-24-18-22-10-11-23(19-24)46-22)25-8-6-7-9-26(25)45-17-16-44-5/h6-9,14-15,22-24,27H,10-13,16-20H2,1-5H3/t22-,23+,24+,27-/m0/s1. The van der Waals surface area contributed by atoms with E-state index in [9.17, 15) is 14.4 Å². The molecule has 3 aliphatic rings. The van der Waals surface area contributed by atoms with E-state index in [0.29, 0.717) is 52.6 Å². The number of ether oxygens (including phenoxy) is 5. The van der Waals surface area contributed by atoms with E-state index in [1.54, 1.807) is 44.8 Å². The molecule has 14 heteroatoms. The average molecular weight is 694 g/mol. The van der Waals surface area contributed by atoms with Crippen molar-refractivity contribution >= 4 is 27.5 Å². The summed E-state index contributed by atoms with van der Waals surface area (Å²) in [6.45, 7) is 7.93. The number of para-hydroxylation sites is 1. The maximum Gasteiger partial charge on any atom is 0.333 e. The van der Waals surface area contributed by atoms with E-state index in [-0.39, 0.29) is 24.9 Å². The Hall–Kier alpha value is -3.85.